The van der Waals surface area contributed by atoms with Crippen LogP contribution in [0.3, 0.4) is 0 Å². The van der Waals surface area contributed by atoms with Crippen molar-refractivity contribution in [3.05, 3.63) is 144 Å². The summed E-state index contributed by atoms with van der Waals surface area (Å²) < 4.78 is 1.14. The Morgan fingerprint density at radius 2 is 0.556 bits per heavy atom. The van der Waals surface area contributed by atoms with Crippen LogP contribution in [-0.2, 0) is 0 Å². The number of benzene rings is 4. The number of hydrogen-bond acceptors (Lipinski definition) is 0. The molecule has 0 saturated heterocycles. The standard InChI is InChI=1S/2C13H11.Sr/c2*1-3-7-12(8-4-1)11-13-9-5-2-6-10-13;/h2*1-11H;. The second-order valence-corrected chi connectivity index (χ2v) is 12.2. The van der Waals surface area contributed by atoms with Crippen molar-refractivity contribution in [3.63, 3.8) is 0 Å². The van der Waals surface area contributed by atoms with Crippen molar-refractivity contribution >= 4 is 41.0 Å². The fourth-order valence-electron chi connectivity index (χ4n) is 3.91. The molecule has 4 aromatic rings. The van der Waals surface area contributed by atoms with Crippen molar-refractivity contribution in [2.75, 3.05) is 0 Å². The van der Waals surface area contributed by atoms with E-state index < -0.39 is 41.0 Å². The summed E-state index contributed by atoms with van der Waals surface area (Å²) in [6, 6.07) is 44.4. The molecule has 1 heteroatoms. The van der Waals surface area contributed by atoms with Crippen LogP contribution in [0.15, 0.2) is 121 Å². The van der Waals surface area contributed by atoms with Crippen molar-refractivity contribution in [1.29, 1.82) is 0 Å². The van der Waals surface area contributed by atoms with Crippen molar-refractivity contribution in [2.24, 2.45) is 0 Å². The van der Waals surface area contributed by atoms with Crippen molar-refractivity contribution in [3.8, 4) is 0 Å². The monoisotopic (exact) mass is 422 g/mol. The maximum atomic E-state index is 2.31. The van der Waals surface area contributed by atoms with Crippen molar-refractivity contribution in [2.45, 2.75) is 1.78 Å². The fourth-order valence-corrected chi connectivity index (χ4v) is 10.4. The van der Waals surface area contributed by atoms with Gasteiger partial charge in [0.25, 0.3) is 0 Å². The van der Waals surface area contributed by atoms with E-state index in [2.05, 4.69) is 121 Å². The van der Waals surface area contributed by atoms with Gasteiger partial charge in [0.05, 0.1) is 0 Å². The topological polar surface area (TPSA) is 0 Å². The minimum atomic E-state index is -1.37. The molecule has 0 fully saturated rings. The van der Waals surface area contributed by atoms with Gasteiger partial charge in [0, 0.05) is 0 Å². The van der Waals surface area contributed by atoms with Crippen molar-refractivity contribution in [1.82, 2.24) is 0 Å². The van der Waals surface area contributed by atoms with Crippen LogP contribution in [0.4, 0.5) is 0 Å². The molecule has 27 heavy (non-hydrogen) atoms. The Morgan fingerprint density at radius 3 is 0.778 bits per heavy atom. The predicted octanol–water partition coefficient (Wildman–Crippen LogP) is 6.27. The molecule has 0 aliphatic carbocycles. The maximum absolute atomic E-state index is 2.31. The zero-order chi connectivity index (χ0) is 18.3. The number of hydrogen-bond donors (Lipinski definition) is 0. The Kier molecular flexibility index (Phi) is 6.60. The second kappa shape index (κ2) is 9.52. The van der Waals surface area contributed by atoms with E-state index in [0.717, 1.165) is 0 Å². The van der Waals surface area contributed by atoms with Gasteiger partial charge in [-0.15, -0.1) is 0 Å². The van der Waals surface area contributed by atoms with Crippen LogP contribution in [0, 0.1) is 0 Å². The van der Waals surface area contributed by atoms with Gasteiger partial charge < -0.3 is 0 Å². The molecule has 0 heterocycles. The van der Waals surface area contributed by atoms with E-state index in [1.54, 1.807) is 0 Å². The van der Waals surface area contributed by atoms with Gasteiger partial charge in [-0.1, -0.05) is 0 Å². The first-order valence-corrected chi connectivity index (χ1v) is 13.6. The molecule has 0 atom stereocenters. The normalized spacial score (nSPS) is 10.7. The molecule has 4 aromatic carbocycles. The quantitative estimate of drug-likeness (QED) is 0.322. The Balaban J connectivity index is 1.77. The molecule has 0 amide bonds. The van der Waals surface area contributed by atoms with Gasteiger partial charge in [-0.3, -0.25) is 0 Å². The van der Waals surface area contributed by atoms with Crippen LogP contribution in [0.5, 0.6) is 0 Å². The average Bonchev–Trinajstić information content (AvgIpc) is 2.77. The third kappa shape index (κ3) is 4.80. The molecule has 0 radical (unpaired) electrons. The summed E-state index contributed by atoms with van der Waals surface area (Å²) in [5, 5.41) is 0. The third-order valence-electron chi connectivity index (χ3n) is 5.28. The number of rotatable bonds is 6. The molecule has 128 valence electrons. The van der Waals surface area contributed by atoms with E-state index in [1.165, 1.54) is 22.3 Å². The van der Waals surface area contributed by atoms with Crippen LogP contribution < -0.4 is 0 Å². The van der Waals surface area contributed by atoms with Crippen LogP contribution in [-0.4, -0.2) is 41.0 Å². The minimum absolute atomic E-state index is 0.569. The van der Waals surface area contributed by atoms with Gasteiger partial charge in [-0.05, 0) is 0 Å². The molecule has 0 aromatic heterocycles. The first kappa shape index (κ1) is 18.7. The Bertz CT molecular complexity index is 774. The second-order valence-electron chi connectivity index (χ2n) is 6.98. The van der Waals surface area contributed by atoms with E-state index in [0.29, 0.717) is 1.78 Å². The molecule has 0 unspecified atom stereocenters. The summed E-state index contributed by atoms with van der Waals surface area (Å²) in [7, 11) is 0. The summed E-state index contributed by atoms with van der Waals surface area (Å²) in [5.41, 5.74) is 5.88. The Labute approximate surface area is 184 Å². The van der Waals surface area contributed by atoms with E-state index in [1.807, 2.05) is 0 Å². The molecule has 0 nitrogen and oxygen atoms in total. The SMILES string of the molecule is c1ccc([CH]([Sr][CH](c2ccccc2)c2ccccc2)c2ccccc2)cc1. The summed E-state index contributed by atoms with van der Waals surface area (Å²) >= 11 is -1.37. The summed E-state index contributed by atoms with van der Waals surface area (Å²) in [6.45, 7) is 0. The van der Waals surface area contributed by atoms with Gasteiger partial charge in [-0.2, -0.15) is 0 Å². The van der Waals surface area contributed by atoms with Gasteiger partial charge in [0.2, 0.25) is 0 Å². The van der Waals surface area contributed by atoms with Crippen molar-refractivity contribution < 1.29 is 0 Å². The Morgan fingerprint density at radius 1 is 0.333 bits per heavy atom. The molecular weight excluding hydrogens is 400 g/mol. The van der Waals surface area contributed by atoms with E-state index in [4.69, 9.17) is 0 Å². The Hall–Kier alpha value is -1.64. The predicted molar refractivity (Wildman–Crippen MR) is 115 cm³/mol. The molecule has 0 saturated carbocycles. The molecule has 0 aliphatic heterocycles. The van der Waals surface area contributed by atoms with Gasteiger partial charge in [0.1, 0.15) is 0 Å². The van der Waals surface area contributed by atoms with E-state index >= 15 is 0 Å². The first-order valence-electron chi connectivity index (χ1n) is 9.61. The summed E-state index contributed by atoms with van der Waals surface area (Å²) in [6.07, 6.45) is 0. The third-order valence-corrected chi connectivity index (χ3v) is 12.2. The van der Waals surface area contributed by atoms with Crippen LogP contribution >= 0.6 is 0 Å². The molecule has 0 aliphatic rings. The average molecular weight is 422 g/mol. The van der Waals surface area contributed by atoms with Gasteiger partial charge in [-0.25, -0.2) is 0 Å². The fraction of sp³-hybridized carbons (Fsp3) is 0.0769. The van der Waals surface area contributed by atoms with Crippen LogP contribution in [0.1, 0.15) is 24.0 Å². The van der Waals surface area contributed by atoms with Gasteiger partial charge in [0.15, 0.2) is 0 Å². The molecule has 0 bridgehead atoms. The first-order chi connectivity index (χ1) is 13.4. The summed E-state index contributed by atoms with van der Waals surface area (Å²) in [4.78, 5) is 0. The molecule has 0 spiro atoms. The van der Waals surface area contributed by atoms with Crippen LogP contribution in [0.2, 0.25) is 0 Å². The summed E-state index contributed by atoms with van der Waals surface area (Å²) in [5.74, 6) is 0. The molecule has 0 N–H and O–H groups in total. The van der Waals surface area contributed by atoms with Crippen LogP contribution in [0.25, 0.3) is 0 Å². The molecular formula is C26H22Sr. The zero-order valence-electron chi connectivity index (χ0n) is 15.4. The van der Waals surface area contributed by atoms with E-state index in [-0.39, 0.29) is 0 Å². The molecule has 4 rings (SSSR count). The van der Waals surface area contributed by atoms with Gasteiger partial charge >= 0.3 is 186 Å². The zero-order valence-corrected chi connectivity index (χ0v) is 18.9. The van der Waals surface area contributed by atoms with E-state index in [9.17, 15) is 0 Å².